The molecule has 0 aromatic heterocycles. The largest absolute Gasteiger partial charge is 0.437 e. The van der Waals surface area contributed by atoms with Crippen LogP contribution >= 0.6 is 0 Å². The van der Waals surface area contributed by atoms with Gasteiger partial charge in [-0.2, -0.15) is 8.78 Å². The van der Waals surface area contributed by atoms with Crippen LogP contribution in [0.3, 0.4) is 0 Å². The third-order valence-corrected chi connectivity index (χ3v) is 1.47. The second kappa shape index (κ2) is 2.27. The maximum absolute atomic E-state index is 12.5. The number of para-hydroxylation sites is 2. The number of alkyl halides is 2. The number of nitrogens with zero attached hydrogens (tertiary/aromatic N) is 1. The van der Waals surface area contributed by atoms with Gasteiger partial charge in [0.2, 0.25) is 0 Å². The highest BCUT2D eigenvalue weighted by atomic mass is 19.3. The number of aliphatic imine (C=N–C) groups is 1. The Bertz CT molecular complexity index is 336. The van der Waals surface area contributed by atoms with Gasteiger partial charge in [-0.15, -0.1) is 0 Å². The zero-order valence-electron chi connectivity index (χ0n) is 6.00. The lowest BCUT2D eigenvalue weighted by atomic mass is 10.3. The number of benzene rings is 1. The Labute approximate surface area is 67.5 Å². The predicted octanol–water partition coefficient (Wildman–Crippen LogP) is 2.37. The highest BCUT2D eigenvalue weighted by molar-refractivity contribution is 5.74. The highest BCUT2D eigenvalue weighted by Gasteiger charge is 2.32. The standard InChI is InChI=1S/C8H5F2NO/c9-8(10)5-11-6-3-1-2-4-7(6)12-8/h1-5H. The summed E-state index contributed by atoms with van der Waals surface area (Å²) in [6, 6.07) is 6.40. The molecular weight excluding hydrogens is 164 g/mol. The molecule has 1 heterocycles. The van der Waals surface area contributed by atoms with Crippen molar-refractivity contribution in [3.8, 4) is 5.75 Å². The molecule has 0 saturated carbocycles. The number of fused-ring (bicyclic) bond motifs is 1. The topological polar surface area (TPSA) is 21.6 Å². The first kappa shape index (κ1) is 7.21. The van der Waals surface area contributed by atoms with Gasteiger partial charge in [0.05, 0.1) is 0 Å². The molecule has 4 heteroatoms. The summed E-state index contributed by atoms with van der Waals surface area (Å²) in [5.74, 6) is 0.116. The first-order valence-electron chi connectivity index (χ1n) is 3.38. The molecule has 0 bridgehead atoms. The van der Waals surface area contributed by atoms with Crippen molar-refractivity contribution < 1.29 is 13.5 Å². The molecule has 1 aromatic rings. The highest BCUT2D eigenvalue weighted by Crippen LogP contribution is 2.34. The molecule has 0 atom stereocenters. The molecule has 0 aliphatic carbocycles. The van der Waals surface area contributed by atoms with E-state index >= 15 is 0 Å². The second-order valence-electron chi connectivity index (χ2n) is 2.39. The van der Waals surface area contributed by atoms with Crippen LogP contribution in [-0.2, 0) is 0 Å². The molecule has 1 aromatic carbocycles. The SMILES string of the molecule is FC1(F)C=Nc2ccccc2O1. The third-order valence-electron chi connectivity index (χ3n) is 1.47. The molecular formula is C8H5F2NO. The molecule has 0 fully saturated rings. The maximum Gasteiger partial charge on any atom is 0.437 e. The summed E-state index contributed by atoms with van der Waals surface area (Å²) < 4.78 is 29.4. The smallest absolute Gasteiger partial charge is 0.426 e. The van der Waals surface area contributed by atoms with Crippen LogP contribution in [0.4, 0.5) is 14.5 Å². The molecule has 1 aliphatic rings. The van der Waals surface area contributed by atoms with Crippen LogP contribution < -0.4 is 4.74 Å². The zero-order valence-corrected chi connectivity index (χ0v) is 6.00. The minimum atomic E-state index is -3.27. The molecule has 0 spiro atoms. The van der Waals surface area contributed by atoms with Gasteiger partial charge >= 0.3 is 6.11 Å². The fourth-order valence-electron chi connectivity index (χ4n) is 0.968. The Kier molecular flexibility index (Phi) is 1.36. The van der Waals surface area contributed by atoms with Crippen molar-refractivity contribution in [3.63, 3.8) is 0 Å². The van der Waals surface area contributed by atoms with Gasteiger partial charge in [-0.05, 0) is 12.1 Å². The summed E-state index contributed by atoms with van der Waals surface area (Å²) in [7, 11) is 0. The van der Waals surface area contributed by atoms with E-state index in [2.05, 4.69) is 9.73 Å². The van der Waals surface area contributed by atoms with E-state index in [1.54, 1.807) is 18.2 Å². The Hall–Kier alpha value is -1.45. The van der Waals surface area contributed by atoms with Crippen molar-refractivity contribution in [2.75, 3.05) is 0 Å². The van der Waals surface area contributed by atoms with Gasteiger partial charge in [0.1, 0.15) is 11.9 Å². The molecule has 62 valence electrons. The molecule has 0 amide bonds. The van der Waals surface area contributed by atoms with Crippen molar-refractivity contribution in [1.82, 2.24) is 0 Å². The summed E-state index contributed by atoms with van der Waals surface area (Å²) >= 11 is 0. The van der Waals surface area contributed by atoms with E-state index in [0.717, 1.165) is 0 Å². The first-order valence-corrected chi connectivity index (χ1v) is 3.38. The van der Waals surface area contributed by atoms with E-state index in [1.165, 1.54) is 6.07 Å². The lowest BCUT2D eigenvalue weighted by Gasteiger charge is -2.18. The van der Waals surface area contributed by atoms with E-state index in [9.17, 15) is 8.78 Å². The van der Waals surface area contributed by atoms with Gasteiger partial charge < -0.3 is 4.74 Å². The Morgan fingerprint density at radius 2 is 2.00 bits per heavy atom. The molecule has 0 N–H and O–H groups in total. The minimum Gasteiger partial charge on any atom is -0.426 e. The van der Waals surface area contributed by atoms with Crippen LogP contribution in [0.25, 0.3) is 0 Å². The van der Waals surface area contributed by atoms with E-state index in [1.807, 2.05) is 0 Å². The van der Waals surface area contributed by atoms with Crippen molar-refractivity contribution in [2.45, 2.75) is 6.11 Å². The van der Waals surface area contributed by atoms with Gasteiger partial charge in [-0.25, -0.2) is 4.99 Å². The molecule has 12 heavy (non-hydrogen) atoms. The molecule has 0 radical (unpaired) electrons. The van der Waals surface area contributed by atoms with Crippen molar-refractivity contribution in [2.24, 2.45) is 4.99 Å². The van der Waals surface area contributed by atoms with Gasteiger partial charge in [0, 0.05) is 0 Å². The van der Waals surface area contributed by atoms with Gasteiger partial charge in [-0.3, -0.25) is 0 Å². The van der Waals surface area contributed by atoms with Gasteiger partial charge in [-0.1, -0.05) is 12.1 Å². The summed E-state index contributed by atoms with van der Waals surface area (Å²) in [6.07, 6.45) is -2.77. The fraction of sp³-hybridized carbons (Fsp3) is 0.125. The quantitative estimate of drug-likeness (QED) is 0.584. The van der Waals surface area contributed by atoms with Crippen LogP contribution in [0.2, 0.25) is 0 Å². The van der Waals surface area contributed by atoms with E-state index in [0.29, 0.717) is 11.9 Å². The molecule has 0 unspecified atom stereocenters. The second-order valence-corrected chi connectivity index (χ2v) is 2.39. The van der Waals surface area contributed by atoms with Crippen LogP contribution in [0.1, 0.15) is 0 Å². The third kappa shape index (κ3) is 1.15. The fourth-order valence-corrected chi connectivity index (χ4v) is 0.968. The number of ether oxygens (including phenoxy) is 1. The van der Waals surface area contributed by atoms with E-state index < -0.39 is 6.11 Å². The van der Waals surface area contributed by atoms with Gasteiger partial charge in [0.25, 0.3) is 0 Å². The van der Waals surface area contributed by atoms with Crippen LogP contribution in [-0.4, -0.2) is 12.3 Å². The van der Waals surface area contributed by atoms with Gasteiger partial charge in [0.15, 0.2) is 5.75 Å². The molecule has 2 nitrogen and oxygen atoms in total. The average Bonchev–Trinajstić information content (AvgIpc) is 2.02. The summed E-state index contributed by atoms with van der Waals surface area (Å²) in [6.45, 7) is 0. The van der Waals surface area contributed by atoms with Crippen LogP contribution in [0.5, 0.6) is 5.75 Å². The first-order chi connectivity index (χ1) is 5.67. The number of hydrogen-bond acceptors (Lipinski definition) is 2. The summed E-state index contributed by atoms with van der Waals surface area (Å²) in [5.41, 5.74) is 0.434. The van der Waals surface area contributed by atoms with Crippen molar-refractivity contribution in [3.05, 3.63) is 24.3 Å². The lowest BCUT2D eigenvalue weighted by molar-refractivity contribution is -0.109. The van der Waals surface area contributed by atoms with Crippen molar-refractivity contribution in [1.29, 1.82) is 0 Å². The summed E-state index contributed by atoms with van der Waals surface area (Å²) in [4.78, 5) is 3.55. The maximum atomic E-state index is 12.5. The van der Waals surface area contributed by atoms with E-state index in [-0.39, 0.29) is 5.75 Å². The van der Waals surface area contributed by atoms with E-state index in [4.69, 9.17) is 0 Å². The van der Waals surface area contributed by atoms with Crippen molar-refractivity contribution >= 4 is 11.9 Å². The van der Waals surface area contributed by atoms with Crippen LogP contribution in [0, 0.1) is 0 Å². The number of hydrogen-bond donors (Lipinski definition) is 0. The minimum absolute atomic E-state index is 0.116. The molecule has 1 aliphatic heterocycles. The summed E-state index contributed by atoms with van der Waals surface area (Å²) in [5, 5.41) is 0. The zero-order chi connectivity index (χ0) is 8.60. The molecule has 0 saturated heterocycles. The lowest BCUT2D eigenvalue weighted by Crippen LogP contribution is -2.28. The Balaban J connectivity index is 2.46. The normalized spacial score (nSPS) is 18.2. The molecule has 2 rings (SSSR count). The number of halogens is 2. The van der Waals surface area contributed by atoms with Crippen LogP contribution in [0.15, 0.2) is 29.3 Å². The predicted molar refractivity (Wildman–Crippen MR) is 40.2 cm³/mol. The average molecular weight is 169 g/mol. The Morgan fingerprint density at radius 1 is 1.25 bits per heavy atom. The number of rotatable bonds is 0. The Morgan fingerprint density at radius 3 is 2.83 bits per heavy atom. The monoisotopic (exact) mass is 169 g/mol.